The van der Waals surface area contributed by atoms with Crippen LogP contribution in [0.5, 0.6) is 0 Å². The monoisotopic (exact) mass is 346 g/mol. The van der Waals surface area contributed by atoms with Crippen LogP contribution in [0.2, 0.25) is 0 Å². The molecule has 1 aromatic carbocycles. The fourth-order valence-electron chi connectivity index (χ4n) is 2.44. The Bertz CT molecular complexity index is 814. The van der Waals surface area contributed by atoms with Gasteiger partial charge < -0.3 is 4.74 Å². The normalized spacial score (nSPS) is 12.0. The lowest BCUT2D eigenvalue weighted by Crippen LogP contribution is -2.27. The van der Waals surface area contributed by atoms with Gasteiger partial charge in [-0.2, -0.15) is 0 Å². The first-order valence-corrected chi connectivity index (χ1v) is 8.58. The molecular formula is C18H22N2O3S. The summed E-state index contributed by atoms with van der Waals surface area (Å²) in [6, 6.07) is 8.09. The molecular weight excluding hydrogens is 324 g/mol. The van der Waals surface area contributed by atoms with E-state index in [4.69, 9.17) is 4.74 Å². The van der Waals surface area contributed by atoms with Crippen LogP contribution in [-0.4, -0.2) is 27.9 Å². The molecule has 1 heterocycles. The fourth-order valence-corrected chi connectivity index (χ4v) is 3.38. The summed E-state index contributed by atoms with van der Waals surface area (Å²) in [7, 11) is 3.03. The van der Waals surface area contributed by atoms with E-state index in [1.165, 1.54) is 23.4 Å². The smallest absolute Gasteiger partial charge is 0.318 e. The van der Waals surface area contributed by atoms with E-state index in [0.717, 1.165) is 11.1 Å². The molecule has 0 bridgehead atoms. The van der Waals surface area contributed by atoms with Gasteiger partial charge in [-0.15, -0.1) is 0 Å². The van der Waals surface area contributed by atoms with E-state index in [0.29, 0.717) is 22.8 Å². The highest BCUT2D eigenvalue weighted by atomic mass is 32.2. The van der Waals surface area contributed by atoms with E-state index in [9.17, 15) is 9.59 Å². The molecule has 0 radical (unpaired) electrons. The number of nitrogens with zero attached hydrogens (tertiary/aromatic N) is 2. The number of aromatic nitrogens is 2. The highest BCUT2D eigenvalue weighted by Crippen LogP contribution is 2.22. The molecule has 0 saturated heterocycles. The molecule has 0 aliphatic rings. The van der Waals surface area contributed by atoms with Crippen molar-refractivity contribution in [3.8, 4) is 0 Å². The number of hydrogen-bond donors (Lipinski definition) is 0. The maximum Gasteiger partial charge on any atom is 0.318 e. The number of esters is 1. The van der Waals surface area contributed by atoms with E-state index in [1.807, 2.05) is 32.0 Å². The lowest BCUT2D eigenvalue weighted by Gasteiger charge is -2.14. The number of thioether (sulfide) groups is 1. The molecule has 24 heavy (non-hydrogen) atoms. The van der Waals surface area contributed by atoms with Crippen LogP contribution in [0.15, 0.2) is 34.2 Å². The van der Waals surface area contributed by atoms with Gasteiger partial charge in [0, 0.05) is 24.7 Å². The van der Waals surface area contributed by atoms with Gasteiger partial charge in [-0.25, -0.2) is 4.98 Å². The SMILES string of the molecule is COC(=O)C(C)Sc1nc(C)c(Cc2cccc(C)c2)c(=O)n1C. The third-order valence-corrected chi connectivity index (χ3v) is 4.95. The van der Waals surface area contributed by atoms with Crippen LogP contribution in [0.1, 0.15) is 29.3 Å². The molecule has 1 atom stereocenters. The van der Waals surface area contributed by atoms with Crippen molar-refractivity contribution in [2.45, 2.75) is 37.6 Å². The van der Waals surface area contributed by atoms with Crippen LogP contribution in [0.3, 0.4) is 0 Å². The summed E-state index contributed by atoms with van der Waals surface area (Å²) in [4.78, 5) is 28.8. The van der Waals surface area contributed by atoms with E-state index in [2.05, 4.69) is 11.1 Å². The summed E-state index contributed by atoms with van der Waals surface area (Å²) in [5, 5.41) is 0.0958. The predicted molar refractivity (Wildman–Crippen MR) is 95.5 cm³/mol. The van der Waals surface area contributed by atoms with E-state index in [1.54, 1.807) is 14.0 Å². The number of carbonyl (C=O) groups is 1. The molecule has 1 aromatic heterocycles. The predicted octanol–water partition coefficient (Wildman–Crippen LogP) is 2.64. The molecule has 0 spiro atoms. The fraction of sp³-hybridized carbons (Fsp3) is 0.389. The lowest BCUT2D eigenvalue weighted by atomic mass is 10.0. The van der Waals surface area contributed by atoms with Gasteiger partial charge in [0.25, 0.3) is 5.56 Å². The van der Waals surface area contributed by atoms with Gasteiger partial charge in [0.05, 0.1) is 7.11 Å². The molecule has 0 saturated carbocycles. The minimum Gasteiger partial charge on any atom is -0.468 e. The van der Waals surface area contributed by atoms with Crippen LogP contribution in [0.4, 0.5) is 0 Å². The van der Waals surface area contributed by atoms with E-state index >= 15 is 0 Å². The van der Waals surface area contributed by atoms with Crippen molar-refractivity contribution in [3.05, 3.63) is 57.0 Å². The van der Waals surface area contributed by atoms with Crippen molar-refractivity contribution >= 4 is 17.7 Å². The minimum absolute atomic E-state index is 0.0800. The molecule has 0 aliphatic heterocycles. The second-order valence-electron chi connectivity index (χ2n) is 5.77. The first-order chi connectivity index (χ1) is 11.3. The Kier molecular flexibility index (Phi) is 5.83. The zero-order valence-electron chi connectivity index (χ0n) is 14.6. The van der Waals surface area contributed by atoms with Gasteiger partial charge >= 0.3 is 5.97 Å². The quantitative estimate of drug-likeness (QED) is 0.473. The number of aryl methyl sites for hydroxylation is 2. The number of carbonyl (C=O) groups excluding carboxylic acids is 1. The average molecular weight is 346 g/mol. The number of hydrogen-bond acceptors (Lipinski definition) is 5. The largest absolute Gasteiger partial charge is 0.468 e. The van der Waals surface area contributed by atoms with Gasteiger partial charge in [-0.3, -0.25) is 14.2 Å². The molecule has 6 heteroatoms. The molecule has 0 amide bonds. The van der Waals surface area contributed by atoms with Crippen LogP contribution < -0.4 is 5.56 Å². The molecule has 0 fully saturated rings. The summed E-state index contributed by atoms with van der Waals surface area (Å²) < 4.78 is 6.23. The lowest BCUT2D eigenvalue weighted by molar-refractivity contribution is -0.139. The Hall–Kier alpha value is -2.08. The van der Waals surface area contributed by atoms with Gasteiger partial charge in [0.1, 0.15) is 5.25 Å². The van der Waals surface area contributed by atoms with Crippen molar-refractivity contribution in [1.82, 2.24) is 9.55 Å². The van der Waals surface area contributed by atoms with Crippen molar-refractivity contribution in [2.24, 2.45) is 7.05 Å². The van der Waals surface area contributed by atoms with Gasteiger partial charge in [-0.1, -0.05) is 41.6 Å². The van der Waals surface area contributed by atoms with Gasteiger partial charge in [0.2, 0.25) is 0 Å². The highest BCUT2D eigenvalue weighted by Gasteiger charge is 2.19. The number of ether oxygens (including phenoxy) is 1. The Labute approximate surface area is 146 Å². The van der Waals surface area contributed by atoms with Crippen molar-refractivity contribution in [1.29, 1.82) is 0 Å². The van der Waals surface area contributed by atoms with Crippen molar-refractivity contribution in [3.63, 3.8) is 0 Å². The highest BCUT2D eigenvalue weighted by molar-refractivity contribution is 8.00. The summed E-state index contributed by atoms with van der Waals surface area (Å²) in [6.45, 7) is 5.60. The molecule has 1 unspecified atom stereocenters. The second-order valence-corrected chi connectivity index (χ2v) is 7.08. The Morgan fingerprint density at radius 1 is 1.38 bits per heavy atom. The Morgan fingerprint density at radius 2 is 2.08 bits per heavy atom. The topological polar surface area (TPSA) is 61.2 Å². The van der Waals surface area contributed by atoms with Crippen LogP contribution in [0, 0.1) is 13.8 Å². The van der Waals surface area contributed by atoms with Crippen molar-refractivity contribution in [2.75, 3.05) is 7.11 Å². The number of benzene rings is 1. The molecule has 5 nitrogen and oxygen atoms in total. The number of rotatable bonds is 5. The maximum absolute atomic E-state index is 12.7. The Balaban J connectivity index is 2.34. The van der Waals surface area contributed by atoms with E-state index < -0.39 is 5.25 Å². The van der Waals surface area contributed by atoms with E-state index in [-0.39, 0.29) is 11.5 Å². The Morgan fingerprint density at radius 3 is 2.71 bits per heavy atom. The average Bonchev–Trinajstić information content (AvgIpc) is 2.55. The van der Waals surface area contributed by atoms with Gasteiger partial charge in [0.15, 0.2) is 5.16 Å². The van der Waals surface area contributed by atoms with Crippen LogP contribution in [0.25, 0.3) is 0 Å². The first kappa shape index (κ1) is 18.3. The van der Waals surface area contributed by atoms with Crippen LogP contribution >= 0.6 is 11.8 Å². The summed E-state index contributed by atoms with van der Waals surface area (Å²) >= 11 is 1.23. The standard InChI is InChI=1S/C18H22N2O3S/c1-11-7-6-8-14(9-11)10-15-12(2)19-18(20(4)16(15)21)24-13(3)17(22)23-5/h6-9,13H,10H2,1-5H3. The molecule has 2 rings (SSSR count). The second kappa shape index (κ2) is 7.66. The molecule has 2 aromatic rings. The molecule has 128 valence electrons. The third kappa shape index (κ3) is 4.06. The third-order valence-electron chi connectivity index (χ3n) is 3.83. The maximum atomic E-state index is 12.7. The molecule has 0 aliphatic carbocycles. The minimum atomic E-state index is -0.421. The van der Waals surface area contributed by atoms with Crippen LogP contribution in [-0.2, 0) is 23.0 Å². The first-order valence-electron chi connectivity index (χ1n) is 7.70. The summed E-state index contributed by atoms with van der Waals surface area (Å²) in [5.74, 6) is -0.337. The zero-order valence-corrected chi connectivity index (χ0v) is 15.4. The van der Waals surface area contributed by atoms with Crippen molar-refractivity contribution < 1.29 is 9.53 Å². The summed E-state index contributed by atoms with van der Waals surface area (Å²) in [6.07, 6.45) is 0.546. The number of methoxy groups -OCH3 is 1. The summed E-state index contributed by atoms with van der Waals surface area (Å²) in [5.41, 5.74) is 3.54. The molecule has 0 N–H and O–H groups in total. The van der Waals surface area contributed by atoms with Gasteiger partial charge in [-0.05, 0) is 26.3 Å². The zero-order chi connectivity index (χ0) is 17.9.